The summed E-state index contributed by atoms with van der Waals surface area (Å²) in [6.45, 7) is 0. The van der Waals surface area contributed by atoms with Gasteiger partial charge in [0.2, 0.25) is 10.0 Å². The summed E-state index contributed by atoms with van der Waals surface area (Å²) in [4.78, 5) is 10.1. The molecule has 1 aliphatic carbocycles. The fraction of sp³-hybridized carbons (Fsp3) is 0.571. The van der Waals surface area contributed by atoms with Crippen molar-refractivity contribution in [3.05, 3.63) is 34.4 Å². The van der Waals surface area contributed by atoms with Crippen LogP contribution < -0.4 is 4.72 Å². The number of sulfonamides is 1. The molecule has 1 saturated carbocycles. The lowest BCUT2D eigenvalue weighted by atomic mass is 9.97. The minimum Gasteiger partial charge on any atom is -0.258 e. The predicted molar refractivity (Wildman–Crippen MR) is 79.5 cm³/mol. The Morgan fingerprint density at radius 2 is 1.71 bits per heavy atom. The Balaban J connectivity index is 2.13. The first-order chi connectivity index (χ1) is 9.99. The summed E-state index contributed by atoms with van der Waals surface area (Å²) in [7, 11) is -3.70. The van der Waals surface area contributed by atoms with E-state index in [0.29, 0.717) is 0 Å². The molecule has 6 nitrogen and oxygen atoms in total. The smallest absolute Gasteiger partial charge is 0.258 e. The van der Waals surface area contributed by atoms with Gasteiger partial charge in [0.25, 0.3) is 5.69 Å². The molecule has 0 aliphatic heterocycles. The average Bonchev–Trinajstić information content (AvgIpc) is 2.42. The topological polar surface area (TPSA) is 89.3 Å². The normalized spacial score (nSPS) is 17.9. The van der Waals surface area contributed by atoms with Gasteiger partial charge in [0, 0.05) is 18.2 Å². The fourth-order valence-electron chi connectivity index (χ4n) is 2.63. The van der Waals surface area contributed by atoms with Crippen LogP contribution in [0, 0.1) is 10.1 Å². The highest BCUT2D eigenvalue weighted by atomic mass is 32.2. The molecule has 1 aromatic carbocycles. The van der Waals surface area contributed by atoms with E-state index in [1.54, 1.807) is 0 Å². The van der Waals surface area contributed by atoms with E-state index in [2.05, 4.69) is 4.72 Å². The highest BCUT2D eigenvalue weighted by molar-refractivity contribution is 7.89. The summed E-state index contributed by atoms with van der Waals surface area (Å²) >= 11 is 0. The number of nitro benzene ring substituents is 1. The largest absolute Gasteiger partial charge is 0.270 e. The van der Waals surface area contributed by atoms with Crippen LogP contribution in [0.4, 0.5) is 5.69 Å². The second kappa shape index (κ2) is 7.00. The highest BCUT2D eigenvalue weighted by Gasteiger charge is 2.22. The van der Waals surface area contributed by atoms with E-state index >= 15 is 0 Å². The Morgan fingerprint density at radius 1 is 1.10 bits per heavy atom. The van der Waals surface area contributed by atoms with Crippen molar-refractivity contribution < 1.29 is 13.3 Å². The van der Waals surface area contributed by atoms with Crippen LogP contribution in [-0.2, 0) is 10.0 Å². The van der Waals surface area contributed by atoms with E-state index in [9.17, 15) is 18.5 Å². The molecule has 21 heavy (non-hydrogen) atoms. The van der Waals surface area contributed by atoms with Crippen LogP contribution in [0.5, 0.6) is 0 Å². The summed E-state index contributed by atoms with van der Waals surface area (Å²) in [6.07, 6.45) is 7.17. The van der Waals surface area contributed by atoms with Crippen molar-refractivity contribution in [1.82, 2.24) is 4.72 Å². The van der Waals surface area contributed by atoms with Gasteiger partial charge < -0.3 is 0 Å². The number of nitrogens with zero attached hydrogens (tertiary/aromatic N) is 1. The van der Waals surface area contributed by atoms with Gasteiger partial charge in [0.05, 0.1) is 9.82 Å². The highest BCUT2D eigenvalue weighted by Crippen LogP contribution is 2.21. The molecule has 1 aromatic rings. The summed E-state index contributed by atoms with van der Waals surface area (Å²) in [6, 6.07) is 5.10. The molecular weight excluding hydrogens is 292 g/mol. The van der Waals surface area contributed by atoms with Crippen molar-refractivity contribution in [3.63, 3.8) is 0 Å². The molecule has 0 aromatic heterocycles. The molecule has 1 fully saturated rings. The van der Waals surface area contributed by atoms with E-state index in [0.717, 1.165) is 44.6 Å². The molecule has 0 spiro atoms. The maximum absolute atomic E-state index is 12.3. The molecule has 1 aliphatic rings. The molecule has 7 heteroatoms. The molecule has 1 N–H and O–H groups in total. The van der Waals surface area contributed by atoms with E-state index in [-0.39, 0.29) is 16.6 Å². The molecule has 0 amide bonds. The first-order valence-electron chi connectivity index (χ1n) is 7.26. The molecule has 0 unspecified atom stereocenters. The SMILES string of the molecule is O=[N+]([O-])c1cccc(S(=O)(=O)NC2CCCCCCC2)c1. The van der Waals surface area contributed by atoms with Crippen molar-refractivity contribution in [1.29, 1.82) is 0 Å². The van der Waals surface area contributed by atoms with Crippen LogP contribution in [0.2, 0.25) is 0 Å². The molecule has 0 heterocycles. The van der Waals surface area contributed by atoms with E-state index in [1.165, 1.54) is 24.6 Å². The van der Waals surface area contributed by atoms with Crippen LogP contribution in [-0.4, -0.2) is 19.4 Å². The maximum atomic E-state index is 12.3. The quantitative estimate of drug-likeness (QED) is 0.683. The summed E-state index contributed by atoms with van der Waals surface area (Å²) < 4.78 is 27.4. The molecule has 0 saturated heterocycles. The number of rotatable bonds is 4. The lowest BCUT2D eigenvalue weighted by Gasteiger charge is -2.20. The van der Waals surface area contributed by atoms with Gasteiger partial charge in [-0.1, -0.05) is 38.2 Å². The second-order valence-electron chi connectivity index (χ2n) is 5.42. The zero-order chi connectivity index (χ0) is 15.3. The van der Waals surface area contributed by atoms with Crippen molar-refractivity contribution in [2.24, 2.45) is 0 Å². The molecule has 116 valence electrons. The third-order valence-corrected chi connectivity index (χ3v) is 5.28. The third kappa shape index (κ3) is 4.50. The van der Waals surface area contributed by atoms with Gasteiger partial charge in [0.1, 0.15) is 0 Å². The third-order valence-electron chi connectivity index (χ3n) is 3.77. The number of benzene rings is 1. The van der Waals surface area contributed by atoms with Gasteiger partial charge in [-0.15, -0.1) is 0 Å². The standard InChI is InChI=1S/C14H20N2O4S/c17-16(18)13-9-6-10-14(11-13)21(19,20)15-12-7-4-2-1-3-5-8-12/h6,9-12,15H,1-5,7-8H2. The van der Waals surface area contributed by atoms with Gasteiger partial charge in [-0.3, -0.25) is 10.1 Å². The Labute approximate surface area is 124 Å². The van der Waals surface area contributed by atoms with E-state index < -0.39 is 14.9 Å². The number of hydrogen-bond acceptors (Lipinski definition) is 4. The Kier molecular flexibility index (Phi) is 5.30. The number of hydrogen-bond donors (Lipinski definition) is 1. The van der Waals surface area contributed by atoms with Crippen LogP contribution in [0.25, 0.3) is 0 Å². The number of nitro groups is 1. The summed E-state index contributed by atoms with van der Waals surface area (Å²) in [5.41, 5.74) is -0.212. The molecule has 2 rings (SSSR count). The Morgan fingerprint density at radius 3 is 2.33 bits per heavy atom. The molecule has 0 atom stereocenters. The molecular formula is C14H20N2O4S. The van der Waals surface area contributed by atoms with Gasteiger partial charge >= 0.3 is 0 Å². The minimum atomic E-state index is -3.70. The van der Waals surface area contributed by atoms with Crippen LogP contribution in [0.3, 0.4) is 0 Å². The van der Waals surface area contributed by atoms with Crippen molar-refractivity contribution in [3.8, 4) is 0 Å². The van der Waals surface area contributed by atoms with Gasteiger partial charge in [-0.05, 0) is 18.9 Å². The Hall–Kier alpha value is -1.47. The zero-order valence-electron chi connectivity index (χ0n) is 11.8. The first kappa shape index (κ1) is 15.9. The zero-order valence-corrected chi connectivity index (χ0v) is 12.6. The predicted octanol–water partition coefficient (Wildman–Crippen LogP) is 2.99. The van der Waals surface area contributed by atoms with Gasteiger partial charge in [-0.25, -0.2) is 13.1 Å². The lowest BCUT2D eigenvalue weighted by Crippen LogP contribution is -2.35. The number of non-ortho nitro benzene ring substituents is 1. The average molecular weight is 312 g/mol. The first-order valence-corrected chi connectivity index (χ1v) is 8.74. The monoisotopic (exact) mass is 312 g/mol. The lowest BCUT2D eigenvalue weighted by molar-refractivity contribution is -0.385. The van der Waals surface area contributed by atoms with E-state index in [1.807, 2.05) is 0 Å². The van der Waals surface area contributed by atoms with Crippen LogP contribution >= 0.6 is 0 Å². The number of nitrogens with one attached hydrogen (secondary N) is 1. The summed E-state index contributed by atoms with van der Waals surface area (Å²) in [5, 5.41) is 10.7. The van der Waals surface area contributed by atoms with Gasteiger partial charge in [-0.2, -0.15) is 0 Å². The fourth-order valence-corrected chi connectivity index (χ4v) is 3.97. The van der Waals surface area contributed by atoms with E-state index in [4.69, 9.17) is 0 Å². The van der Waals surface area contributed by atoms with Crippen LogP contribution in [0.1, 0.15) is 44.9 Å². The van der Waals surface area contributed by atoms with Crippen molar-refractivity contribution in [2.75, 3.05) is 0 Å². The molecule has 0 radical (unpaired) electrons. The minimum absolute atomic E-state index is 0.0428. The van der Waals surface area contributed by atoms with Gasteiger partial charge in [0.15, 0.2) is 0 Å². The summed E-state index contributed by atoms with van der Waals surface area (Å²) in [5.74, 6) is 0. The maximum Gasteiger partial charge on any atom is 0.270 e. The van der Waals surface area contributed by atoms with Crippen molar-refractivity contribution >= 4 is 15.7 Å². The Bertz CT molecular complexity index is 593. The molecule has 0 bridgehead atoms. The second-order valence-corrected chi connectivity index (χ2v) is 7.13. The van der Waals surface area contributed by atoms with Crippen molar-refractivity contribution in [2.45, 2.75) is 55.9 Å². The van der Waals surface area contributed by atoms with Crippen LogP contribution in [0.15, 0.2) is 29.2 Å².